The van der Waals surface area contributed by atoms with Crippen molar-refractivity contribution in [2.75, 3.05) is 0 Å². The number of nitrogens with zero attached hydrogens (tertiary/aromatic N) is 1. The number of hydrogen-bond donors (Lipinski definition) is 0. The van der Waals surface area contributed by atoms with E-state index in [-0.39, 0.29) is 5.75 Å². The van der Waals surface area contributed by atoms with Gasteiger partial charge in [0.2, 0.25) is 11.5 Å². The highest BCUT2D eigenvalue weighted by Crippen LogP contribution is 2.41. The largest absolute Gasteiger partial charge is 0.426 e. The first kappa shape index (κ1) is 16.1. The van der Waals surface area contributed by atoms with E-state index in [2.05, 4.69) is 9.47 Å². The van der Waals surface area contributed by atoms with Crippen molar-refractivity contribution in [1.82, 2.24) is 0 Å². The lowest BCUT2D eigenvalue weighted by molar-refractivity contribution is -0.386. The standard InChI is InChI=1S/C12H11NO8/c1-6(14)19-9-4-10(20-7(2)15)12(13(17)18)11(5-9)21-8(3)16/h4-5H,1-3H3. The molecule has 0 N–H and O–H groups in total. The van der Waals surface area contributed by atoms with Gasteiger partial charge < -0.3 is 14.2 Å². The quantitative estimate of drug-likeness (QED) is 0.353. The molecule has 0 aliphatic carbocycles. The molecule has 0 unspecified atom stereocenters. The molecule has 0 spiro atoms. The average Bonchev–Trinajstić information content (AvgIpc) is 2.24. The van der Waals surface area contributed by atoms with Crippen molar-refractivity contribution in [3.05, 3.63) is 22.2 Å². The molecule has 9 heteroatoms. The second-order valence-corrected chi connectivity index (χ2v) is 3.81. The molecule has 0 saturated carbocycles. The molecule has 0 radical (unpaired) electrons. The molecular formula is C12H11NO8. The fraction of sp³-hybridized carbons (Fsp3) is 0.250. The Balaban J connectivity index is 3.47. The fourth-order valence-electron chi connectivity index (χ4n) is 1.43. The van der Waals surface area contributed by atoms with E-state index >= 15 is 0 Å². The fourth-order valence-corrected chi connectivity index (χ4v) is 1.43. The lowest BCUT2D eigenvalue weighted by Crippen LogP contribution is -2.09. The Bertz CT molecular complexity index is 585. The van der Waals surface area contributed by atoms with Crippen LogP contribution in [0.2, 0.25) is 0 Å². The highest BCUT2D eigenvalue weighted by Gasteiger charge is 2.27. The summed E-state index contributed by atoms with van der Waals surface area (Å²) in [6.07, 6.45) is 0. The lowest BCUT2D eigenvalue weighted by atomic mass is 10.2. The summed E-state index contributed by atoms with van der Waals surface area (Å²) >= 11 is 0. The highest BCUT2D eigenvalue weighted by atomic mass is 16.6. The van der Waals surface area contributed by atoms with Crippen LogP contribution < -0.4 is 14.2 Å². The zero-order valence-electron chi connectivity index (χ0n) is 11.4. The van der Waals surface area contributed by atoms with Crippen molar-refractivity contribution >= 4 is 23.6 Å². The Labute approximate surface area is 118 Å². The molecule has 0 amide bonds. The lowest BCUT2D eigenvalue weighted by Gasteiger charge is -2.10. The summed E-state index contributed by atoms with van der Waals surface area (Å²) in [5.41, 5.74) is -0.726. The third-order valence-electron chi connectivity index (χ3n) is 1.97. The minimum Gasteiger partial charge on any atom is -0.426 e. The zero-order valence-corrected chi connectivity index (χ0v) is 11.4. The second-order valence-electron chi connectivity index (χ2n) is 3.81. The van der Waals surface area contributed by atoms with Gasteiger partial charge >= 0.3 is 23.6 Å². The van der Waals surface area contributed by atoms with Crippen molar-refractivity contribution in [3.8, 4) is 17.2 Å². The molecule has 0 aromatic heterocycles. The summed E-state index contributed by atoms with van der Waals surface area (Å²) in [4.78, 5) is 43.1. The maximum atomic E-state index is 11.1. The SMILES string of the molecule is CC(=O)Oc1cc(OC(C)=O)c([N+](=O)[O-])c(OC(C)=O)c1. The minimum atomic E-state index is -0.881. The van der Waals surface area contributed by atoms with Crippen LogP contribution >= 0.6 is 0 Å². The van der Waals surface area contributed by atoms with E-state index in [0.29, 0.717) is 0 Å². The van der Waals surface area contributed by atoms with Gasteiger partial charge in [-0.15, -0.1) is 0 Å². The molecule has 112 valence electrons. The van der Waals surface area contributed by atoms with Crippen molar-refractivity contribution in [2.45, 2.75) is 20.8 Å². The summed E-state index contributed by atoms with van der Waals surface area (Å²) in [5, 5.41) is 11.1. The van der Waals surface area contributed by atoms with Gasteiger partial charge in [0.25, 0.3) is 0 Å². The Morgan fingerprint density at radius 2 is 1.29 bits per heavy atom. The number of hydrogen-bond acceptors (Lipinski definition) is 8. The van der Waals surface area contributed by atoms with Crippen molar-refractivity contribution in [3.63, 3.8) is 0 Å². The summed E-state index contributed by atoms with van der Waals surface area (Å²) < 4.78 is 14.1. The second kappa shape index (κ2) is 6.46. The molecule has 1 aromatic rings. The Kier molecular flexibility index (Phi) is 4.95. The normalized spacial score (nSPS) is 9.67. The third-order valence-corrected chi connectivity index (χ3v) is 1.97. The van der Waals surface area contributed by atoms with Gasteiger partial charge in [-0.2, -0.15) is 0 Å². The number of nitro groups is 1. The topological polar surface area (TPSA) is 122 Å². The predicted molar refractivity (Wildman–Crippen MR) is 67.0 cm³/mol. The van der Waals surface area contributed by atoms with E-state index in [1.54, 1.807) is 0 Å². The molecule has 0 saturated heterocycles. The van der Waals surface area contributed by atoms with E-state index in [1.165, 1.54) is 0 Å². The van der Waals surface area contributed by atoms with Crippen LogP contribution in [-0.4, -0.2) is 22.8 Å². The predicted octanol–water partition coefficient (Wildman–Crippen LogP) is 1.37. The van der Waals surface area contributed by atoms with Gasteiger partial charge in [-0.3, -0.25) is 24.5 Å². The van der Waals surface area contributed by atoms with Crippen LogP contribution in [0.3, 0.4) is 0 Å². The van der Waals surface area contributed by atoms with Gasteiger partial charge in [0.05, 0.1) is 4.92 Å². The molecule has 9 nitrogen and oxygen atoms in total. The van der Waals surface area contributed by atoms with Crippen molar-refractivity contribution < 1.29 is 33.5 Å². The van der Waals surface area contributed by atoms with Gasteiger partial charge in [-0.25, -0.2) is 0 Å². The number of esters is 3. The molecule has 0 bridgehead atoms. The molecule has 0 atom stereocenters. The first-order valence-electron chi connectivity index (χ1n) is 5.58. The molecule has 0 fully saturated rings. The molecule has 21 heavy (non-hydrogen) atoms. The molecule has 0 aliphatic heterocycles. The van der Waals surface area contributed by atoms with E-state index in [9.17, 15) is 24.5 Å². The molecule has 0 heterocycles. The van der Waals surface area contributed by atoms with Crippen LogP contribution in [-0.2, 0) is 14.4 Å². The first-order valence-corrected chi connectivity index (χ1v) is 5.58. The third kappa shape index (κ3) is 4.56. The number of carbonyl (C=O) groups is 3. The van der Waals surface area contributed by atoms with Gasteiger partial charge in [0.1, 0.15) is 5.75 Å². The highest BCUT2D eigenvalue weighted by molar-refractivity contribution is 5.77. The molecule has 1 aromatic carbocycles. The summed E-state index contributed by atoms with van der Waals surface area (Å²) in [7, 11) is 0. The number of nitro benzene ring substituents is 1. The van der Waals surface area contributed by atoms with Crippen LogP contribution in [0.25, 0.3) is 0 Å². The van der Waals surface area contributed by atoms with E-state index in [1.807, 2.05) is 0 Å². The zero-order chi connectivity index (χ0) is 16.2. The van der Waals surface area contributed by atoms with Crippen LogP contribution in [0.15, 0.2) is 12.1 Å². The maximum Gasteiger partial charge on any atom is 0.354 e. The molecule has 1 rings (SSSR count). The number of benzene rings is 1. The van der Waals surface area contributed by atoms with Gasteiger partial charge in [-0.05, 0) is 0 Å². The van der Waals surface area contributed by atoms with Crippen LogP contribution in [0.4, 0.5) is 5.69 Å². The monoisotopic (exact) mass is 297 g/mol. The van der Waals surface area contributed by atoms with Gasteiger partial charge in [0, 0.05) is 32.9 Å². The number of rotatable bonds is 4. The Morgan fingerprint density at radius 1 is 0.905 bits per heavy atom. The average molecular weight is 297 g/mol. The Morgan fingerprint density at radius 3 is 1.57 bits per heavy atom. The maximum absolute atomic E-state index is 11.1. The van der Waals surface area contributed by atoms with Gasteiger partial charge in [0.15, 0.2) is 0 Å². The van der Waals surface area contributed by atoms with Crippen LogP contribution in [0.1, 0.15) is 20.8 Å². The van der Waals surface area contributed by atoms with Crippen LogP contribution in [0, 0.1) is 10.1 Å². The summed E-state index contributed by atoms with van der Waals surface area (Å²) in [5.74, 6) is -3.52. The van der Waals surface area contributed by atoms with Crippen LogP contribution in [0.5, 0.6) is 17.2 Å². The van der Waals surface area contributed by atoms with E-state index < -0.39 is 40.0 Å². The molecular weight excluding hydrogens is 286 g/mol. The van der Waals surface area contributed by atoms with E-state index in [0.717, 1.165) is 32.9 Å². The van der Waals surface area contributed by atoms with E-state index in [4.69, 9.17) is 4.74 Å². The molecule has 0 aliphatic rings. The number of carbonyl (C=O) groups excluding carboxylic acids is 3. The van der Waals surface area contributed by atoms with Crippen molar-refractivity contribution in [1.29, 1.82) is 0 Å². The van der Waals surface area contributed by atoms with Crippen molar-refractivity contribution in [2.24, 2.45) is 0 Å². The van der Waals surface area contributed by atoms with Gasteiger partial charge in [-0.1, -0.05) is 0 Å². The summed E-state index contributed by atoms with van der Waals surface area (Å²) in [6, 6.07) is 1.96. The first-order chi connectivity index (χ1) is 9.70. The smallest absolute Gasteiger partial charge is 0.354 e. The minimum absolute atomic E-state index is 0.166. The number of ether oxygens (including phenoxy) is 3. The Hall–Kier alpha value is -2.97. The summed E-state index contributed by atoms with van der Waals surface area (Å²) in [6.45, 7) is 3.18.